The van der Waals surface area contributed by atoms with E-state index < -0.39 is 0 Å². The summed E-state index contributed by atoms with van der Waals surface area (Å²) < 4.78 is 0. The van der Waals surface area contributed by atoms with E-state index in [-0.39, 0.29) is 0 Å². The summed E-state index contributed by atoms with van der Waals surface area (Å²) in [5.41, 5.74) is 13.9. The molecule has 3 heteroatoms. The molecule has 1 aromatic rings. The highest BCUT2D eigenvalue weighted by atomic mass is 32.2. The summed E-state index contributed by atoms with van der Waals surface area (Å²) in [6.45, 7) is 0. The van der Waals surface area contributed by atoms with E-state index in [2.05, 4.69) is 18.4 Å². The second-order valence-corrected chi connectivity index (χ2v) is 5.23. The van der Waals surface area contributed by atoms with Crippen molar-refractivity contribution in [3.05, 3.63) is 23.8 Å². The van der Waals surface area contributed by atoms with Crippen LogP contribution in [0.5, 0.6) is 0 Å². The van der Waals surface area contributed by atoms with Crippen molar-refractivity contribution in [3.63, 3.8) is 0 Å². The van der Waals surface area contributed by atoms with E-state index in [1.54, 1.807) is 11.8 Å². The number of hydrogen-bond acceptors (Lipinski definition) is 3. The first kappa shape index (κ1) is 10.8. The Bertz CT molecular complexity index is 345. The molecule has 1 fully saturated rings. The van der Waals surface area contributed by atoms with E-state index in [0.717, 1.165) is 18.0 Å². The van der Waals surface area contributed by atoms with Gasteiger partial charge in [-0.1, -0.05) is 6.07 Å². The van der Waals surface area contributed by atoms with Gasteiger partial charge in [-0.25, -0.2) is 0 Å². The number of rotatable bonds is 3. The number of nitrogens with two attached hydrogens (primary N) is 2. The maximum absolute atomic E-state index is 5.86. The van der Waals surface area contributed by atoms with Crippen LogP contribution >= 0.6 is 11.8 Å². The summed E-state index contributed by atoms with van der Waals surface area (Å²) in [6, 6.07) is 6.81. The van der Waals surface area contributed by atoms with Gasteiger partial charge in [-0.3, -0.25) is 0 Å². The molecule has 0 unspecified atom stereocenters. The Hall–Kier alpha value is -0.670. The molecule has 0 atom stereocenters. The van der Waals surface area contributed by atoms with Crippen molar-refractivity contribution in [1.29, 1.82) is 0 Å². The number of anilines is 1. The topological polar surface area (TPSA) is 52.0 Å². The van der Waals surface area contributed by atoms with Gasteiger partial charge in [-0.05, 0) is 49.1 Å². The molecule has 0 aliphatic heterocycles. The van der Waals surface area contributed by atoms with Gasteiger partial charge in [0.05, 0.1) is 0 Å². The molecule has 0 amide bonds. The van der Waals surface area contributed by atoms with Gasteiger partial charge in [0.25, 0.3) is 0 Å². The van der Waals surface area contributed by atoms with E-state index in [1.165, 1.54) is 23.3 Å². The molecule has 1 aliphatic carbocycles. The van der Waals surface area contributed by atoms with Crippen LogP contribution < -0.4 is 11.5 Å². The smallest absolute Gasteiger partial charge is 0.0452 e. The lowest BCUT2D eigenvalue weighted by Crippen LogP contribution is -2.37. The molecule has 82 valence electrons. The van der Waals surface area contributed by atoms with Crippen LogP contribution in [0.3, 0.4) is 0 Å². The van der Waals surface area contributed by atoms with Crippen LogP contribution in [-0.4, -0.2) is 12.3 Å². The van der Waals surface area contributed by atoms with Gasteiger partial charge in [-0.2, -0.15) is 0 Å². The quantitative estimate of drug-likeness (QED) is 0.609. The molecule has 1 aliphatic rings. The third kappa shape index (κ3) is 2.47. The summed E-state index contributed by atoms with van der Waals surface area (Å²) in [7, 11) is 0. The lowest BCUT2D eigenvalue weighted by atomic mass is 9.77. The average Bonchev–Trinajstić information content (AvgIpc) is 2.18. The van der Waals surface area contributed by atoms with Crippen LogP contribution in [0.2, 0.25) is 0 Å². The molecule has 0 bridgehead atoms. The fourth-order valence-corrected chi connectivity index (χ4v) is 2.74. The van der Waals surface area contributed by atoms with Crippen LogP contribution in [0.25, 0.3) is 0 Å². The Kier molecular flexibility index (Phi) is 3.22. The molecule has 2 rings (SSSR count). The first-order valence-corrected chi connectivity index (χ1v) is 6.59. The summed E-state index contributed by atoms with van der Waals surface area (Å²) in [6.07, 6.45) is 5.58. The van der Waals surface area contributed by atoms with Crippen LogP contribution in [0.15, 0.2) is 23.1 Å². The van der Waals surface area contributed by atoms with Crippen molar-refractivity contribution in [1.82, 2.24) is 0 Å². The monoisotopic (exact) mass is 222 g/mol. The Balaban J connectivity index is 2.02. The van der Waals surface area contributed by atoms with E-state index in [0.29, 0.717) is 6.04 Å². The van der Waals surface area contributed by atoms with E-state index >= 15 is 0 Å². The summed E-state index contributed by atoms with van der Waals surface area (Å²) in [5, 5.41) is 0. The molecule has 2 nitrogen and oxygen atoms in total. The van der Waals surface area contributed by atoms with Gasteiger partial charge in [0.15, 0.2) is 0 Å². The third-order valence-electron chi connectivity index (χ3n) is 3.09. The Morgan fingerprint density at radius 3 is 2.73 bits per heavy atom. The second kappa shape index (κ2) is 4.45. The molecular weight excluding hydrogens is 204 g/mol. The highest BCUT2D eigenvalue weighted by molar-refractivity contribution is 7.98. The molecule has 0 heterocycles. The van der Waals surface area contributed by atoms with Gasteiger partial charge in [0, 0.05) is 16.6 Å². The van der Waals surface area contributed by atoms with Gasteiger partial charge < -0.3 is 11.5 Å². The van der Waals surface area contributed by atoms with Crippen molar-refractivity contribution in [2.24, 2.45) is 11.7 Å². The zero-order chi connectivity index (χ0) is 10.8. The van der Waals surface area contributed by atoms with Gasteiger partial charge in [-0.15, -0.1) is 11.8 Å². The minimum Gasteiger partial charge on any atom is -0.398 e. The summed E-state index contributed by atoms with van der Waals surface area (Å²) in [5.74, 6) is 0.790. The summed E-state index contributed by atoms with van der Waals surface area (Å²) >= 11 is 1.71. The number of benzene rings is 1. The van der Waals surface area contributed by atoms with Crippen LogP contribution in [-0.2, 0) is 6.42 Å². The predicted octanol–water partition coefficient (Wildman–Crippen LogP) is 2.27. The van der Waals surface area contributed by atoms with Crippen molar-refractivity contribution >= 4 is 17.4 Å². The van der Waals surface area contributed by atoms with E-state index in [9.17, 15) is 0 Å². The van der Waals surface area contributed by atoms with E-state index in [1.807, 2.05) is 6.07 Å². The van der Waals surface area contributed by atoms with Gasteiger partial charge in [0.1, 0.15) is 0 Å². The molecule has 4 N–H and O–H groups in total. The third-order valence-corrected chi connectivity index (χ3v) is 3.89. The van der Waals surface area contributed by atoms with Crippen molar-refractivity contribution in [2.45, 2.75) is 30.2 Å². The SMILES string of the molecule is CSc1cc(CC2CC(N)C2)ccc1N. The highest BCUT2D eigenvalue weighted by Crippen LogP contribution is 2.31. The number of nitrogen functional groups attached to an aromatic ring is 1. The molecule has 1 saturated carbocycles. The van der Waals surface area contributed by atoms with Gasteiger partial charge >= 0.3 is 0 Å². The minimum absolute atomic E-state index is 0.448. The van der Waals surface area contributed by atoms with Crippen LogP contribution in [0.1, 0.15) is 18.4 Å². The maximum Gasteiger partial charge on any atom is 0.0452 e. The molecular formula is C12H18N2S. The zero-order valence-electron chi connectivity index (χ0n) is 9.07. The summed E-state index contributed by atoms with van der Waals surface area (Å²) in [4.78, 5) is 1.19. The fourth-order valence-electron chi connectivity index (χ4n) is 2.17. The van der Waals surface area contributed by atoms with Crippen molar-refractivity contribution < 1.29 is 0 Å². The maximum atomic E-state index is 5.86. The molecule has 0 saturated heterocycles. The Morgan fingerprint density at radius 1 is 1.40 bits per heavy atom. The highest BCUT2D eigenvalue weighted by Gasteiger charge is 2.25. The standard InChI is InChI=1S/C12H18N2S/c1-15-12-7-8(2-3-11(12)14)4-9-5-10(13)6-9/h2-3,7,9-10H,4-6,13-14H2,1H3. The molecule has 1 aromatic carbocycles. The Morgan fingerprint density at radius 2 is 2.13 bits per heavy atom. The van der Waals surface area contributed by atoms with Crippen molar-refractivity contribution in [2.75, 3.05) is 12.0 Å². The fraction of sp³-hybridized carbons (Fsp3) is 0.500. The average molecular weight is 222 g/mol. The molecule has 0 spiro atoms. The zero-order valence-corrected chi connectivity index (χ0v) is 9.89. The predicted molar refractivity (Wildman–Crippen MR) is 67.0 cm³/mol. The van der Waals surface area contributed by atoms with E-state index in [4.69, 9.17) is 11.5 Å². The number of hydrogen-bond donors (Lipinski definition) is 2. The van der Waals surface area contributed by atoms with Gasteiger partial charge in [0.2, 0.25) is 0 Å². The first-order chi connectivity index (χ1) is 7.19. The molecule has 0 radical (unpaired) electrons. The largest absolute Gasteiger partial charge is 0.398 e. The molecule has 0 aromatic heterocycles. The lowest BCUT2D eigenvalue weighted by Gasteiger charge is -2.32. The van der Waals surface area contributed by atoms with Crippen molar-refractivity contribution in [3.8, 4) is 0 Å². The second-order valence-electron chi connectivity index (χ2n) is 4.38. The van der Waals surface area contributed by atoms with Crippen LogP contribution in [0.4, 0.5) is 5.69 Å². The Labute approximate surface area is 95.4 Å². The minimum atomic E-state index is 0.448. The first-order valence-electron chi connectivity index (χ1n) is 5.37. The number of thioether (sulfide) groups is 1. The molecule has 15 heavy (non-hydrogen) atoms. The normalized spacial score (nSPS) is 24.9. The van der Waals surface area contributed by atoms with Crippen LogP contribution in [0, 0.1) is 5.92 Å². The lowest BCUT2D eigenvalue weighted by molar-refractivity contribution is 0.264.